The minimum Gasteiger partial charge on any atom is -0.453 e. The molecule has 0 bridgehead atoms. The average molecular weight is 435 g/mol. The quantitative estimate of drug-likeness (QED) is 0.674. The minimum absolute atomic E-state index is 0.103. The fraction of sp³-hybridized carbons (Fsp3) is 0.400. The number of nitrogens with one attached hydrogen (secondary N) is 1. The van der Waals surface area contributed by atoms with Crippen LogP contribution in [-0.4, -0.2) is 53.0 Å². The summed E-state index contributed by atoms with van der Waals surface area (Å²) in [7, 11) is 3.06. The molecule has 2 unspecified atom stereocenters. The van der Waals surface area contributed by atoms with Crippen molar-refractivity contribution in [3.05, 3.63) is 58.9 Å². The topological polar surface area (TPSA) is 75.9 Å². The number of benzene rings is 1. The molecule has 2 aromatic heterocycles. The summed E-state index contributed by atoms with van der Waals surface area (Å²) in [6.07, 6.45) is 3.52. The predicted octanol–water partition coefficient (Wildman–Crippen LogP) is 4.00. The molecule has 1 aliphatic rings. The molecule has 3 heterocycles. The summed E-state index contributed by atoms with van der Waals surface area (Å²) in [6.45, 7) is 6.81. The van der Waals surface area contributed by atoms with E-state index in [1.807, 2.05) is 25.1 Å². The maximum Gasteiger partial charge on any atom is 0.409 e. The second-order valence-corrected chi connectivity index (χ2v) is 8.73. The van der Waals surface area contributed by atoms with E-state index in [-0.39, 0.29) is 18.0 Å². The number of carbonyl (C=O) groups is 2. The van der Waals surface area contributed by atoms with E-state index >= 15 is 0 Å². The van der Waals surface area contributed by atoms with Crippen molar-refractivity contribution in [3.8, 4) is 11.3 Å². The van der Waals surface area contributed by atoms with Crippen LogP contribution in [0.5, 0.6) is 0 Å². The summed E-state index contributed by atoms with van der Waals surface area (Å²) < 4.78 is 7.11. The van der Waals surface area contributed by atoms with Crippen LogP contribution >= 0.6 is 0 Å². The molecule has 7 nitrogen and oxygen atoms in total. The van der Waals surface area contributed by atoms with Crippen molar-refractivity contribution in [1.29, 1.82) is 0 Å². The molecular weight excluding hydrogens is 404 g/mol. The Hall–Kier alpha value is -3.35. The Morgan fingerprint density at radius 2 is 2.00 bits per heavy atom. The minimum atomic E-state index is -0.269. The average Bonchev–Trinajstić information content (AvgIpc) is 3.32. The summed E-state index contributed by atoms with van der Waals surface area (Å²) in [5.74, 6) is 0.211. The van der Waals surface area contributed by atoms with Gasteiger partial charge in [-0.05, 0) is 74.9 Å². The normalized spacial score (nSPS) is 18.2. The largest absolute Gasteiger partial charge is 0.453 e. The van der Waals surface area contributed by atoms with Gasteiger partial charge in [-0.2, -0.15) is 0 Å². The lowest BCUT2D eigenvalue weighted by atomic mass is 9.95. The summed E-state index contributed by atoms with van der Waals surface area (Å²) in [5.41, 5.74) is 6.77. The number of methoxy groups -OCH3 is 1. The number of amides is 2. The maximum absolute atomic E-state index is 12.1. The number of hydrogen-bond acceptors (Lipinski definition) is 4. The Bertz CT molecular complexity index is 1180. The highest BCUT2D eigenvalue weighted by molar-refractivity contribution is 5.95. The van der Waals surface area contributed by atoms with Crippen molar-refractivity contribution in [2.24, 2.45) is 5.92 Å². The number of fused-ring (bicyclic) bond motifs is 1. The Balaban J connectivity index is 1.75. The molecule has 2 atom stereocenters. The lowest BCUT2D eigenvalue weighted by Gasteiger charge is -2.19. The fourth-order valence-electron chi connectivity index (χ4n) is 4.76. The first-order chi connectivity index (χ1) is 15.3. The van der Waals surface area contributed by atoms with Crippen molar-refractivity contribution >= 4 is 17.6 Å². The fourth-order valence-corrected chi connectivity index (χ4v) is 4.76. The van der Waals surface area contributed by atoms with Gasteiger partial charge in [0.05, 0.1) is 18.5 Å². The van der Waals surface area contributed by atoms with Gasteiger partial charge in [-0.15, -0.1) is 0 Å². The Labute approximate surface area is 188 Å². The van der Waals surface area contributed by atoms with Gasteiger partial charge in [-0.25, -0.2) is 9.78 Å². The highest BCUT2D eigenvalue weighted by Gasteiger charge is 2.34. The van der Waals surface area contributed by atoms with Crippen LogP contribution in [0, 0.1) is 19.8 Å². The van der Waals surface area contributed by atoms with Crippen LogP contribution in [0.25, 0.3) is 16.9 Å². The van der Waals surface area contributed by atoms with Gasteiger partial charge in [0, 0.05) is 37.0 Å². The predicted molar refractivity (Wildman–Crippen MR) is 124 cm³/mol. The summed E-state index contributed by atoms with van der Waals surface area (Å²) in [5, 5.41) is 2.68. The molecule has 1 aliphatic heterocycles. The SMILES string of the molecule is CNC(=O)c1ccc(-c2nc3cc(C)ccn3c2CC2CC(C)N(C(=O)OC)C2)c(C)c1. The highest BCUT2D eigenvalue weighted by Crippen LogP contribution is 2.33. The summed E-state index contributed by atoms with van der Waals surface area (Å²) >= 11 is 0. The van der Waals surface area contributed by atoms with Crippen LogP contribution in [0.4, 0.5) is 4.79 Å². The van der Waals surface area contributed by atoms with E-state index in [2.05, 4.69) is 41.9 Å². The lowest BCUT2D eigenvalue weighted by molar-refractivity contribution is 0.0962. The van der Waals surface area contributed by atoms with E-state index in [0.717, 1.165) is 46.6 Å². The van der Waals surface area contributed by atoms with E-state index in [0.29, 0.717) is 18.0 Å². The number of hydrogen-bond donors (Lipinski definition) is 1. The molecule has 168 valence electrons. The molecule has 4 rings (SSSR count). The molecule has 0 saturated carbocycles. The van der Waals surface area contributed by atoms with Crippen molar-refractivity contribution in [2.45, 2.75) is 39.7 Å². The van der Waals surface area contributed by atoms with Crippen LogP contribution in [-0.2, 0) is 11.2 Å². The third-order valence-corrected chi connectivity index (χ3v) is 6.40. The van der Waals surface area contributed by atoms with E-state index in [1.54, 1.807) is 11.9 Å². The molecule has 3 aromatic rings. The van der Waals surface area contributed by atoms with Crippen LogP contribution in [0.2, 0.25) is 0 Å². The van der Waals surface area contributed by atoms with E-state index in [4.69, 9.17) is 9.72 Å². The molecule has 0 spiro atoms. The van der Waals surface area contributed by atoms with Crippen molar-refractivity contribution in [2.75, 3.05) is 20.7 Å². The van der Waals surface area contributed by atoms with Gasteiger partial charge < -0.3 is 19.4 Å². The zero-order valence-corrected chi connectivity index (χ0v) is 19.3. The molecule has 0 radical (unpaired) electrons. The molecule has 1 saturated heterocycles. The van der Waals surface area contributed by atoms with Crippen LogP contribution in [0.1, 0.15) is 40.5 Å². The van der Waals surface area contributed by atoms with Crippen LogP contribution in [0.3, 0.4) is 0 Å². The number of nitrogens with zero attached hydrogens (tertiary/aromatic N) is 3. The third kappa shape index (κ3) is 3.95. The monoisotopic (exact) mass is 434 g/mol. The summed E-state index contributed by atoms with van der Waals surface area (Å²) in [4.78, 5) is 31.0. The van der Waals surface area contributed by atoms with E-state index < -0.39 is 0 Å². The van der Waals surface area contributed by atoms with E-state index in [9.17, 15) is 9.59 Å². The third-order valence-electron chi connectivity index (χ3n) is 6.40. The molecule has 1 N–H and O–H groups in total. The Morgan fingerprint density at radius 1 is 1.22 bits per heavy atom. The van der Waals surface area contributed by atoms with Crippen molar-refractivity contribution < 1.29 is 14.3 Å². The first-order valence-corrected chi connectivity index (χ1v) is 11.0. The number of likely N-dealkylation sites (tertiary alicyclic amines) is 1. The molecule has 7 heteroatoms. The van der Waals surface area contributed by atoms with Crippen molar-refractivity contribution in [1.82, 2.24) is 19.6 Å². The number of ether oxygens (including phenoxy) is 1. The highest BCUT2D eigenvalue weighted by atomic mass is 16.5. The Kier molecular flexibility index (Phi) is 5.91. The zero-order valence-electron chi connectivity index (χ0n) is 19.3. The van der Waals surface area contributed by atoms with Crippen LogP contribution < -0.4 is 5.32 Å². The van der Waals surface area contributed by atoms with Gasteiger partial charge in [0.1, 0.15) is 5.65 Å². The number of rotatable bonds is 4. The first-order valence-electron chi connectivity index (χ1n) is 11.0. The number of imidazole rings is 1. The lowest BCUT2D eigenvalue weighted by Crippen LogP contribution is -2.33. The number of aryl methyl sites for hydroxylation is 2. The van der Waals surface area contributed by atoms with Crippen LogP contribution in [0.15, 0.2) is 36.5 Å². The zero-order chi connectivity index (χ0) is 23.0. The van der Waals surface area contributed by atoms with Gasteiger partial charge >= 0.3 is 6.09 Å². The molecular formula is C25H30N4O3. The molecule has 1 aromatic carbocycles. The van der Waals surface area contributed by atoms with Gasteiger partial charge in [0.2, 0.25) is 0 Å². The maximum atomic E-state index is 12.1. The number of carbonyl (C=O) groups excluding carboxylic acids is 2. The van der Waals surface area contributed by atoms with Gasteiger partial charge in [0.25, 0.3) is 5.91 Å². The molecule has 1 fully saturated rings. The number of pyridine rings is 1. The standard InChI is InChI=1S/C25H30N4O3/c1-15-8-9-28-21(13-18-12-17(3)29(14-18)25(31)32-5)23(27-22(28)10-15)20-7-6-19(11-16(20)2)24(30)26-4/h6-11,17-18H,12-14H2,1-5H3,(H,26,30). The molecule has 32 heavy (non-hydrogen) atoms. The second kappa shape index (κ2) is 8.65. The van der Waals surface area contributed by atoms with Gasteiger partial charge in [0.15, 0.2) is 0 Å². The van der Waals surface area contributed by atoms with Crippen molar-refractivity contribution in [3.63, 3.8) is 0 Å². The molecule has 0 aliphatic carbocycles. The summed E-state index contributed by atoms with van der Waals surface area (Å²) in [6, 6.07) is 10.0. The number of aromatic nitrogens is 2. The van der Waals surface area contributed by atoms with Gasteiger partial charge in [-0.1, -0.05) is 6.07 Å². The smallest absolute Gasteiger partial charge is 0.409 e. The first kappa shape index (κ1) is 21.9. The van der Waals surface area contributed by atoms with Gasteiger partial charge in [-0.3, -0.25) is 4.79 Å². The van der Waals surface area contributed by atoms with E-state index in [1.165, 1.54) is 7.11 Å². The second-order valence-electron chi connectivity index (χ2n) is 8.73. The molecule has 2 amide bonds. The Morgan fingerprint density at radius 3 is 2.69 bits per heavy atom.